The fourth-order valence-corrected chi connectivity index (χ4v) is 0.988. The molecule has 1 radical (unpaired) electrons. The second-order valence-corrected chi connectivity index (χ2v) is 2.50. The van der Waals surface area contributed by atoms with Gasteiger partial charge >= 0.3 is 0 Å². The Morgan fingerprint density at radius 1 is 1.56 bits per heavy atom. The summed E-state index contributed by atoms with van der Waals surface area (Å²) in [6.07, 6.45) is 9.39. The molecule has 1 saturated carbocycles. The molecule has 2 aliphatic rings. The van der Waals surface area contributed by atoms with Crippen molar-refractivity contribution >= 4 is 6.34 Å². The summed E-state index contributed by atoms with van der Waals surface area (Å²) in [5, 5.41) is 0. The average Bonchev–Trinajstić information content (AvgIpc) is 2.71. The lowest BCUT2D eigenvalue weighted by Gasteiger charge is -2.17. The molecule has 47 valence electrons. The first-order chi connectivity index (χ1) is 4.47. The Labute approximate surface area is 54.9 Å². The van der Waals surface area contributed by atoms with Gasteiger partial charge in [0, 0.05) is 18.8 Å². The third-order valence-electron chi connectivity index (χ3n) is 1.67. The van der Waals surface area contributed by atoms with Crippen molar-refractivity contribution in [3.8, 4) is 0 Å². The van der Waals surface area contributed by atoms with E-state index >= 15 is 0 Å². The molecule has 0 N–H and O–H groups in total. The van der Waals surface area contributed by atoms with Gasteiger partial charge < -0.3 is 4.90 Å². The minimum Gasteiger partial charge on any atom is -0.355 e. The van der Waals surface area contributed by atoms with Crippen molar-refractivity contribution in [2.75, 3.05) is 6.54 Å². The normalized spacial score (nSPS) is 25.1. The van der Waals surface area contributed by atoms with Gasteiger partial charge in [0.05, 0.1) is 6.34 Å². The summed E-state index contributed by atoms with van der Waals surface area (Å²) in [5.74, 6) is 0. The van der Waals surface area contributed by atoms with Crippen molar-refractivity contribution in [2.24, 2.45) is 4.99 Å². The number of aliphatic imine (C=N–C) groups is 1. The number of hydrogen-bond acceptors (Lipinski definition) is 2. The molecule has 1 aliphatic heterocycles. The topological polar surface area (TPSA) is 15.6 Å². The van der Waals surface area contributed by atoms with Crippen LogP contribution in [0.2, 0.25) is 0 Å². The third-order valence-corrected chi connectivity index (χ3v) is 1.67. The first kappa shape index (κ1) is 5.03. The van der Waals surface area contributed by atoms with Crippen LogP contribution in [-0.4, -0.2) is 23.8 Å². The van der Waals surface area contributed by atoms with Gasteiger partial charge in [0.1, 0.15) is 0 Å². The first-order valence-corrected chi connectivity index (χ1v) is 3.31. The van der Waals surface area contributed by atoms with Gasteiger partial charge in [-0.05, 0) is 18.9 Å². The van der Waals surface area contributed by atoms with E-state index in [4.69, 9.17) is 0 Å². The summed E-state index contributed by atoms with van der Waals surface area (Å²) in [6, 6.07) is 0.787. The largest absolute Gasteiger partial charge is 0.355 e. The maximum absolute atomic E-state index is 3.98. The average molecular weight is 121 g/mol. The minimum absolute atomic E-state index is 0.787. The summed E-state index contributed by atoms with van der Waals surface area (Å²) < 4.78 is 0. The Kier molecular flexibility index (Phi) is 1.04. The van der Waals surface area contributed by atoms with Crippen LogP contribution in [0.1, 0.15) is 12.8 Å². The smallest absolute Gasteiger partial charge is 0.0910 e. The first-order valence-electron chi connectivity index (χ1n) is 3.31. The SMILES string of the molecule is [C]1=CN=CN(C2CC2)C1. The molecule has 0 spiro atoms. The maximum Gasteiger partial charge on any atom is 0.0910 e. The maximum atomic E-state index is 3.98. The molecule has 0 bridgehead atoms. The Morgan fingerprint density at radius 3 is 3.00 bits per heavy atom. The number of nitrogens with zero attached hydrogens (tertiary/aromatic N) is 2. The fraction of sp³-hybridized carbons (Fsp3) is 0.571. The standard InChI is InChI=1S/C7H9N2/c1-4-8-6-9(5-1)7-2-3-7/h4,6-7H,2-3,5H2. The van der Waals surface area contributed by atoms with E-state index in [9.17, 15) is 0 Å². The van der Waals surface area contributed by atoms with Gasteiger partial charge in [-0.2, -0.15) is 0 Å². The summed E-state index contributed by atoms with van der Waals surface area (Å²) in [6.45, 7) is 0.939. The predicted molar refractivity (Wildman–Crippen MR) is 36.0 cm³/mol. The van der Waals surface area contributed by atoms with Gasteiger partial charge in [-0.1, -0.05) is 0 Å². The lowest BCUT2D eigenvalue weighted by Crippen LogP contribution is -2.25. The van der Waals surface area contributed by atoms with E-state index < -0.39 is 0 Å². The summed E-state index contributed by atoms with van der Waals surface area (Å²) in [5.41, 5.74) is 0. The van der Waals surface area contributed by atoms with Crippen LogP contribution < -0.4 is 0 Å². The van der Waals surface area contributed by atoms with E-state index in [0.717, 1.165) is 12.6 Å². The van der Waals surface area contributed by atoms with E-state index in [1.807, 2.05) is 6.34 Å². The van der Waals surface area contributed by atoms with Crippen molar-refractivity contribution in [1.82, 2.24) is 4.90 Å². The quantitative estimate of drug-likeness (QED) is 0.501. The molecule has 0 amide bonds. The van der Waals surface area contributed by atoms with Crippen molar-refractivity contribution in [2.45, 2.75) is 18.9 Å². The van der Waals surface area contributed by atoms with Crippen LogP contribution in [0, 0.1) is 6.08 Å². The molecule has 0 atom stereocenters. The molecular formula is C7H9N2. The van der Waals surface area contributed by atoms with Crippen LogP contribution in [-0.2, 0) is 0 Å². The fourth-order valence-electron chi connectivity index (χ4n) is 0.988. The van der Waals surface area contributed by atoms with Crippen LogP contribution in [0.15, 0.2) is 11.2 Å². The van der Waals surface area contributed by atoms with Crippen LogP contribution in [0.4, 0.5) is 0 Å². The highest BCUT2D eigenvalue weighted by Gasteiger charge is 2.26. The van der Waals surface area contributed by atoms with Crippen LogP contribution in [0.25, 0.3) is 0 Å². The highest BCUT2D eigenvalue weighted by molar-refractivity contribution is 5.58. The van der Waals surface area contributed by atoms with Crippen molar-refractivity contribution < 1.29 is 0 Å². The molecule has 0 aromatic heterocycles. The van der Waals surface area contributed by atoms with E-state index in [2.05, 4.69) is 16.0 Å². The molecule has 0 unspecified atom stereocenters. The molecule has 1 aliphatic carbocycles. The molecule has 0 aromatic rings. The second kappa shape index (κ2) is 1.87. The summed E-state index contributed by atoms with van der Waals surface area (Å²) in [7, 11) is 0. The third kappa shape index (κ3) is 0.969. The number of rotatable bonds is 1. The highest BCUT2D eigenvalue weighted by Crippen LogP contribution is 2.25. The van der Waals surface area contributed by atoms with Gasteiger partial charge in [-0.15, -0.1) is 0 Å². The van der Waals surface area contributed by atoms with Crippen molar-refractivity contribution in [1.29, 1.82) is 0 Å². The molecular weight excluding hydrogens is 112 g/mol. The van der Waals surface area contributed by atoms with Gasteiger partial charge in [-0.3, -0.25) is 0 Å². The molecule has 1 heterocycles. The van der Waals surface area contributed by atoms with E-state index in [1.165, 1.54) is 12.8 Å². The monoisotopic (exact) mass is 121 g/mol. The molecule has 2 nitrogen and oxygen atoms in total. The number of hydrogen-bond donors (Lipinski definition) is 0. The van der Waals surface area contributed by atoms with Gasteiger partial charge in [-0.25, -0.2) is 4.99 Å². The van der Waals surface area contributed by atoms with Crippen molar-refractivity contribution in [3.63, 3.8) is 0 Å². The summed E-state index contributed by atoms with van der Waals surface area (Å²) >= 11 is 0. The highest BCUT2D eigenvalue weighted by atomic mass is 15.2. The van der Waals surface area contributed by atoms with Crippen LogP contribution >= 0.6 is 0 Å². The molecule has 2 rings (SSSR count). The molecule has 1 fully saturated rings. The zero-order valence-corrected chi connectivity index (χ0v) is 5.25. The minimum atomic E-state index is 0.787. The van der Waals surface area contributed by atoms with E-state index in [0.29, 0.717) is 0 Å². The molecule has 9 heavy (non-hydrogen) atoms. The lowest BCUT2D eigenvalue weighted by atomic mass is 10.4. The van der Waals surface area contributed by atoms with Gasteiger partial charge in [0.15, 0.2) is 0 Å². The zero-order chi connectivity index (χ0) is 6.10. The van der Waals surface area contributed by atoms with Gasteiger partial charge in [0.25, 0.3) is 0 Å². The Bertz CT molecular complexity index is 156. The molecule has 0 saturated heterocycles. The van der Waals surface area contributed by atoms with E-state index in [1.54, 1.807) is 6.20 Å². The summed E-state index contributed by atoms with van der Waals surface area (Å²) in [4.78, 5) is 6.22. The lowest BCUT2D eigenvalue weighted by molar-refractivity contribution is 0.455. The Morgan fingerprint density at radius 2 is 2.44 bits per heavy atom. The molecule has 2 heteroatoms. The second-order valence-electron chi connectivity index (χ2n) is 2.50. The Balaban J connectivity index is 1.98. The van der Waals surface area contributed by atoms with Crippen molar-refractivity contribution in [3.05, 3.63) is 12.3 Å². The zero-order valence-electron chi connectivity index (χ0n) is 5.25. The van der Waals surface area contributed by atoms with Crippen LogP contribution in [0.5, 0.6) is 0 Å². The Hall–Kier alpha value is -0.790. The predicted octanol–water partition coefficient (Wildman–Crippen LogP) is 0.810. The molecule has 0 aromatic carbocycles. The van der Waals surface area contributed by atoms with Crippen LogP contribution in [0.3, 0.4) is 0 Å². The van der Waals surface area contributed by atoms with E-state index in [-0.39, 0.29) is 0 Å². The van der Waals surface area contributed by atoms with Gasteiger partial charge in [0.2, 0.25) is 0 Å².